The molecule has 3 aromatic carbocycles. The molecule has 6 heteroatoms. The first-order valence-corrected chi connectivity index (χ1v) is 15.5. The van der Waals surface area contributed by atoms with Crippen LogP contribution in [0.25, 0.3) is 0 Å². The van der Waals surface area contributed by atoms with Crippen LogP contribution in [0.5, 0.6) is 0 Å². The van der Waals surface area contributed by atoms with Gasteiger partial charge < -0.3 is 0 Å². The van der Waals surface area contributed by atoms with Gasteiger partial charge in [0, 0.05) is 0 Å². The van der Waals surface area contributed by atoms with Crippen LogP contribution in [-0.4, -0.2) is 39.5 Å². The standard InChI is InChI=1S/C29H36ClN2O2P/c1-28(2)20-23(21-29(3,4)32(28)34)31-27(33)22-35(30,24-14-8-5-9-15-24,25-16-10-6-11-17-25)26-18-12-7-13-19-26/h5-19,23,34H,20-22H2,1-4H3,(H,31,33). The van der Waals surface area contributed by atoms with Crippen LogP contribution < -0.4 is 21.2 Å². The van der Waals surface area contributed by atoms with Gasteiger partial charge in [-0.2, -0.15) is 0 Å². The number of hydrogen-bond donors (Lipinski definition) is 2. The number of hydroxylamine groups is 2. The number of amides is 1. The van der Waals surface area contributed by atoms with E-state index in [9.17, 15) is 10.0 Å². The summed E-state index contributed by atoms with van der Waals surface area (Å²) < 4.78 is 0. The van der Waals surface area contributed by atoms with Gasteiger partial charge >= 0.3 is 214 Å². The van der Waals surface area contributed by atoms with E-state index in [1.54, 1.807) is 0 Å². The molecule has 1 heterocycles. The second-order valence-corrected chi connectivity index (χ2v) is 17.4. The molecule has 35 heavy (non-hydrogen) atoms. The summed E-state index contributed by atoms with van der Waals surface area (Å²) in [5, 5.41) is 18.4. The molecule has 0 bridgehead atoms. The van der Waals surface area contributed by atoms with Crippen molar-refractivity contribution in [3.05, 3.63) is 91.0 Å². The first-order valence-electron chi connectivity index (χ1n) is 12.2. The van der Waals surface area contributed by atoms with Gasteiger partial charge in [-0.05, 0) is 0 Å². The summed E-state index contributed by atoms with van der Waals surface area (Å²) in [5.74, 6) is -3.75. The molecule has 1 amide bonds. The second kappa shape index (κ2) is 9.33. The van der Waals surface area contributed by atoms with Crippen LogP contribution in [0.3, 0.4) is 0 Å². The van der Waals surface area contributed by atoms with Crippen LogP contribution in [0.4, 0.5) is 0 Å². The molecule has 3 aromatic rings. The van der Waals surface area contributed by atoms with E-state index in [-0.39, 0.29) is 18.1 Å². The number of nitrogens with zero attached hydrogens (tertiary/aromatic N) is 1. The van der Waals surface area contributed by atoms with Gasteiger partial charge in [-0.15, -0.1) is 0 Å². The van der Waals surface area contributed by atoms with E-state index < -0.39 is 17.0 Å². The number of piperidine rings is 1. The van der Waals surface area contributed by atoms with E-state index in [4.69, 9.17) is 11.2 Å². The molecule has 1 aliphatic rings. The monoisotopic (exact) mass is 510 g/mol. The maximum absolute atomic E-state index is 13.9. The molecule has 2 N–H and O–H groups in total. The Morgan fingerprint density at radius 3 is 1.51 bits per heavy atom. The number of rotatable bonds is 6. The summed E-state index contributed by atoms with van der Waals surface area (Å²) in [6.07, 6.45) is 1.46. The first kappa shape index (κ1) is 25.9. The molecule has 1 saturated heterocycles. The molecule has 0 spiro atoms. The van der Waals surface area contributed by atoms with Crippen molar-refractivity contribution in [2.45, 2.75) is 57.7 Å². The Kier molecular flexibility index (Phi) is 6.89. The second-order valence-electron chi connectivity index (χ2n) is 11.0. The van der Waals surface area contributed by atoms with Gasteiger partial charge in [0.2, 0.25) is 0 Å². The molecule has 186 valence electrons. The van der Waals surface area contributed by atoms with Crippen molar-refractivity contribution in [3.63, 3.8) is 0 Å². The summed E-state index contributed by atoms with van der Waals surface area (Å²) in [6.45, 7) is 8.03. The molecule has 0 aromatic heterocycles. The SMILES string of the molecule is CC1(C)CC(NC(=O)CP(Cl)(c2ccccc2)(c2ccccc2)c2ccccc2)CC(C)(C)N1O. The molecular formula is C29H36ClN2O2P. The maximum atomic E-state index is 13.9. The van der Waals surface area contributed by atoms with E-state index in [1.165, 1.54) is 5.06 Å². The summed E-state index contributed by atoms with van der Waals surface area (Å²) in [7, 11) is 0. The average molecular weight is 511 g/mol. The van der Waals surface area contributed by atoms with E-state index in [0.717, 1.165) is 15.9 Å². The molecule has 0 radical (unpaired) electrons. The Morgan fingerprint density at radius 2 is 1.17 bits per heavy atom. The Labute approximate surface area is 214 Å². The van der Waals surface area contributed by atoms with Crippen molar-refractivity contribution in [2.24, 2.45) is 0 Å². The van der Waals surface area contributed by atoms with Crippen molar-refractivity contribution in [2.75, 3.05) is 6.16 Å². The number of halogens is 1. The van der Waals surface area contributed by atoms with Gasteiger partial charge in [0.15, 0.2) is 0 Å². The van der Waals surface area contributed by atoms with Gasteiger partial charge in [-0.25, -0.2) is 0 Å². The third-order valence-electron chi connectivity index (χ3n) is 7.33. The first-order chi connectivity index (χ1) is 16.5. The van der Waals surface area contributed by atoms with Crippen molar-refractivity contribution in [3.8, 4) is 0 Å². The Balaban J connectivity index is 1.80. The van der Waals surface area contributed by atoms with E-state index in [1.807, 2.05) is 82.3 Å². The zero-order chi connectivity index (χ0) is 25.3. The molecule has 4 rings (SSSR count). The van der Waals surface area contributed by atoms with Gasteiger partial charge in [-0.1, -0.05) is 0 Å². The summed E-state index contributed by atoms with van der Waals surface area (Å²) in [5.41, 5.74) is -0.908. The van der Waals surface area contributed by atoms with E-state index in [0.29, 0.717) is 12.8 Å². The molecule has 0 aliphatic carbocycles. The Morgan fingerprint density at radius 1 is 0.829 bits per heavy atom. The number of benzene rings is 3. The molecule has 4 nitrogen and oxygen atoms in total. The van der Waals surface area contributed by atoms with Gasteiger partial charge in [0.1, 0.15) is 0 Å². The predicted octanol–water partition coefficient (Wildman–Crippen LogP) is 5.20. The van der Waals surface area contributed by atoms with E-state index in [2.05, 4.69) is 41.7 Å². The average Bonchev–Trinajstić information content (AvgIpc) is 2.84. The van der Waals surface area contributed by atoms with Crippen molar-refractivity contribution >= 4 is 39.0 Å². The predicted molar refractivity (Wildman–Crippen MR) is 149 cm³/mol. The number of carbonyl (C=O) groups excluding carboxylic acids is 1. The molecule has 1 fully saturated rings. The third kappa shape index (κ3) is 4.66. The fraction of sp³-hybridized carbons (Fsp3) is 0.345. The molecule has 0 saturated carbocycles. The van der Waals surface area contributed by atoms with Crippen LogP contribution in [-0.2, 0) is 4.79 Å². The van der Waals surface area contributed by atoms with Crippen LogP contribution >= 0.6 is 17.2 Å². The van der Waals surface area contributed by atoms with Crippen LogP contribution in [0, 0.1) is 0 Å². The van der Waals surface area contributed by atoms with Crippen molar-refractivity contribution in [1.29, 1.82) is 0 Å². The Bertz CT molecular complexity index is 1050. The molecule has 0 unspecified atom stereocenters. The third-order valence-corrected chi connectivity index (χ3v) is 14.4. The summed E-state index contributed by atoms with van der Waals surface area (Å²) >= 11 is 8.04. The topological polar surface area (TPSA) is 52.6 Å². The zero-order valence-corrected chi connectivity index (χ0v) is 22.6. The molecular weight excluding hydrogens is 475 g/mol. The molecule has 1 aliphatic heterocycles. The van der Waals surface area contributed by atoms with Crippen molar-refractivity contribution < 1.29 is 10.0 Å². The normalized spacial score (nSPS) is 19.4. The quantitative estimate of drug-likeness (QED) is 0.448. The Hall–Kier alpha value is -2.23. The van der Waals surface area contributed by atoms with E-state index >= 15 is 0 Å². The number of hydrogen-bond acceptors (Lipinski definition) is 3. The van der Waals surface area contributed by atoms with Crippen molar-refractivity contribution in [1.82, 2.24) is 10.4 Å². The van der Waals surface area contributed by atoms with Gasteiger partial charge in [0.05, 0.1) is 0 Å². The minimum atomic E-state index is -3.68. The minimum absolute atomic E-state index is 0.0660. The van der Waals surface area contributed by atoms with Crippen LogP contribution in [0.2, 0.25) is 0 Å². The fourth-order valence-corrected chi connectivity index (χ4v) is 11.6. The van der Waals surface area contributed by atoms with Crippen LogP contribution in [0.15, 0.2) is 91.0 Å². The summed E-state index contributed by atoms with van der Waals surface area (Å²) in [6, 6.07) is 30.1. The number of carbonyl (C=O) groups is 1. The summed E-state index contributed by atoms with van der Waals surface area (Å²) in [4.78, 5) is 13.9. The van der Waals surface area contributed by atoms with Gasteiger partial charge in [-0.3, -0.25) is 0 Å². The molecule has 0 atom stereocenters. The number of nitrogens with one attached hydrogen (secondary N) is 1. The fourth-order valence-electron chi connectivity index (χ4n) is 5.85. The van der Waals surface area contributed by atoms with Gasteiger partial charge in [0.25, 0.3) is 0 Å². The van der Waals surface area contributed by atoms with Crippen LogP contribution in [0.1, 0.15) is 40.5 Å². The zero-order valence-electron chi connectivity index (χ0n) is 21.0.